The lowest BCUT2D eigenvalue weighted by Gasteiger charge is -2.37. The summed E-state index contributed by atoms with van der Waals surface area (Å²) in [6.07, 6.45) is 4.56. The molecule has 3 aliphatic rings. The summed E-state index contributed by atoms with van der Waals surface area (Å²) in [4.78, 5) is 134. The van der Waals surface area contributed by atoms with Gasteiger partial charge in [-0.1, -0.05) is 48.5 Å². The molecule has 1 unspecified atom stereocenters. The number of ether oxygens (including phenoxy) is 7. The van der Waals surface area contributed by atoms with Gasteiger partial charge >= 0.3 is 11.9 Å². The number of esters is 2. The minimum Gasteiger partial charge on any atom is -0.493 e. The Morgan fingerprint density at radius 2 is 1.36 bits per heavy atom. The molecule has 22 nitrogen and oxygen atoms in total. The van der Waals surface area contributed by atoms with Crippen LogP contribution in [0.4, 0.5) is 0 Å². The van der Waals surface area contributed by atoms with E-state index in [1.807, 2.05) is 0 Å². The Hall–Kier alpha value is -8.01. The molecule has 0 aliphatic carbocycles. The van der Waals surface area contributed by atoms with Crippen LogP contribution in [0.2, 0.25) is 0 Å². The summed E-state index contributed by atoms with van der Waals surface area (Å²) in [6, 6.07) is 12.9. The molecule has 3 aromatic carbocycles. The summed E-state index contributed by atoms with van der Waals surface area (Å²) in [5.74, 6) is -4.76. The number of likely N-dealkylation sites (N-methyl/N-ethyl adjacent to an activating group) is 3. The highest BCUT2D eigenvalue weighted by atomic mass is 16.6. The van der Waals surface area contributed by atoms with Gasteiger partial charge in [-0.05, 0) is 134 Å². The Morgan fingerprint density at radius 1 is 0.706 bits per heavy atom. The van der Waals surface area contributed by atoms with E-state index < -0.39 is 108 Å². The second kappa shape index (κ2) is 29.7. The third-order valence-electron chi connectivity index (χ3n) is 15.6. The third-order valence-corrected chi connectivity index (χ3v) is 15.6. The first-order valence-electron chi connectivity index (χ1n) is 28.8. The lowest BCUT2D eigenvalue weighted by molar-refractivity contribution is -0.165. The lowest BCUT2D eigenvalue weighted by Crippen LogP contribution is -2.58. The van der Waals surface area contributed by atoms with Gasteiger partial charge in [0.1, 0.15) is 48.7 Å². The van der Waals surface area contributed by atoms with E-state index in [1.54, 1.807) is 94.5 Å². The minimum absolute atomic E-state index is 0.0904. The Labute approximate surface area is 498 Å². The first kappa shape index (κ1) is 66.1. The molecule has 3 aliphatic heterocycles. The van der Waals surface area contributed by atoms with Crippen molar-refractivity contribution < 1.29 is 76.3 Å². The van der Waals surface area contributed by atoms with E-state index in [4.69, 9.17) is 33.2 Å². The standard InChI is InChI=1S/C63H84N6O16/c1-40-56(73)64-53(42-22-14-13-15-23-42)59(76)67(9)47(37-84-62(2,3)4)58(75)68-33-21-27-45(68)57(74)65(7)31-18-17-28-52(71)83-39-63(5,6)55(72)60(77)69-32-19-16-26-46(69)61(78)85-48(43-24-20-25-44(36-43)82-38-51(70)66(40)8)30-29-41-34-49(79-10)54(81-12)50(35-41)80-11/h13-15,17,20,22-25,28,34-36,40,45-48,53H,16,18-19,21,26-27,29-33,37-39H2,1-12H3,(H,64,73)/b28-17-/t40-,45-,46-,47-,48+,53?/m0/s1. The van der Waals surface area contributed by atoms with Crippen molar-refractivity contribution in [2.24, 2.45) is 5.41 Å². The number of fused-ring (bicyclic) bond motifs is 4. The maximum absolute atomic E-state index is 14.9. The second-order valence-corrected chi connectivity index (χ2v) is 23.3. The van der Waals surface area contributed by atoms with Crippen molar-refractivity contribution in [3.63, 3.8) is 0 Å². The molecule has 0 radical (unpaired) electrons. The van der Waals surface area contributed by atoms with Crippen molar-refractivity contribution in [2.75, 3.05) is 81.9 Å². The SMILES string of the molecule is COc1cc(CC[C@H]2OC(=O)[C@@H]3CCCCN3C(=O)C(=O)C(C)(C)COC(=O)/C=C\CCN(C)C(=O)[C@@H]3CCCN3C(=O)[C@H](COC(C)(C)C)N(C)C(=O)C(c3ccccc3)NC(=O)[C@H](C)N(C)C(=O)COc3cccc2c3)cc(OC)c1OC. The summed E-state index contributed by atoms with van der Waals surface area (Å²) in [7, 11) is 8.93. The molecule has 22 heteroatoms. The van der Waals surface area contributed by atoms with Crippen LogP contribution in [-0.2, 0) is 63.8 Å². The number of cyclic esters (lactones) is 2. The van der Waals surface area contributed by atoms with Gasteiger partial charge in [-0.2, -0.15) is 0 Å². The quantitative estimate of drug-likeness (QED) is 0.203. The Kier molecular flexibility index (Phi) is 23.1. The Balaban J connectivity index is 1.33. The second-order valence-electron chi connectivity index (χ2n) is 23.3. The molecule has 1 N–H and O–H groups in total. The average Bonchev–Trinajstić information content (AvgIpc) is 3.62. The largest absolute Gasteiger partial charge is 0.493 e. The minimum atomic E-state index is -1.51. The van der Waals surface area contributed by atoms with Crippen molar-refractivity contribution in [2.45, 2.75) is 135 Å². The van der Waals surface area contributed by atoms with Gasteiger partial charge in [0.2, 0.25) is 35.2 Å². The van der Waals surface area contributed by atoms with Gasteiger partial charge in [-0.25, -0.2) is 9.59 Å². The van der Waals surface area contributed by atoms with Gasteiger partial charge in [-0.3, -0.25) is 33.6 Å². The van der Waals surface area contributed by atoms with Crippen LogP contribution in [0.5, 0.6) is 23.0 Å². The number of amides is 6. The van der Waals surface area contributed by atoms with E-state index in [0.717, 1.165) is 5.56 Å². The average molecular weight is 1180 g/mol. The molecule has 0 aromatic heterocycles. The van der Waals surface area contributed by atoms with Crippen LogP contribution in [0.15, 0.2) is 78.9 Å². The van der Waals surface area contributed by atoms with E-state index in [2.05, 4.69) is 5.32 Å². The molecule has 6 rings (SSSR count). The number of rotatable bonds is 9. The smallest absolute Gasteiger partial charge is 0.330 e. The van der Waals surface area contributed by atoms with Crippen molar-refractivity contribution in [1.29, 1.82) is 0 Å². The molecule has 3 heterocycles. The van der Waals surface area contributed by atoms with Crippen molar-refractivity contribution in [3.8, 4) is 23.0 Å². The zero-order valence-electron chi connectivity index (χ0n) is 51.1. The number of benzene rings is 3. The van der Waals surface area contributed by atoms with Crippen LogP contribution in [0, 0.1) is 5.41 Å². The highest BCUT2D eigenvalue weighted by molar-refractivity contribution is 6.38. The predicted molar refractivity (Wildman–Crippen MR) is 312 cm³/mol. The number of hydrogen-bond donors (Lipinski definition) is 1. The third kappa shape index (κ3) is 17.1. The summed E-state index contributed by atoms with van der Waals surface area (Å²) < 4.78 is 40.8. The molecular weight excluding hydrogens is 1100 g/mol. The normalized spacial score (nSPS) is 23.9. The fourth-order valence-corrected chi connectivity index (χ4v) is 10.3. The van der Waals surface area contributed by atoms with Crippen molar-refractivity contribution in [3.05, 3.63) is 95.6 Å². The van der Waals surface area contributed by atoms with Crippen LogP contribution in [0.25, 0.3) is 0 Å². The molecule has 6 amide bonds. The highest BCUT2D eigenvalue weighted by Crippen LogP contribution is 2.40. The van der Waals surface area contributed by atoms with Gasteiger partial charge in [0.15, 0.2) is 18.1 Å². The first-order valence-corrected chi connectivity index (χ1v) is 28.8. The molecule has 0 saturated carbocycles. The van der Waals surface area contributed by atoms with Crippen molar-refractivity contribution in [1.82, 2.24) is 29.8 Å². The number of Topliss-reactive ketones (excluding diaryl/α,β-unsaturated/α-hetero) is 1. The first-order chi connectivity index (χ1) is 40.3. The molecule has 3 aromatic rings. The fraction of sp³-hybridized carbons (Fsp3) is 0.540. The van der Waals surface area contributed by atoms with Crippen LogP contribution >= 0.6 is 0 Å². The molecule has 85 heavy (non-hydrogen) atoms. The van der Waals surface area contributed by atoms with E-state index in [-0.39, 0.29) is 57.2 Å². The summed E-state index contributed by atoms with van der Waals surface area (Å²) >= 11 is 0. The molecule has 0 spiro atoms. The van der Waals surface area contributed by atoms with Gasteiger partial charge in [0.25, 0.3) is 11.8 Å². The van der Waals surface area contributed by atoms with Gasteiger partial charge < -0.3 is 63.0 Å². The molecule has 462 valence electrons. The van der Waals surface area contributed by atoms with Crippen LogP contribution in [0.3, 0.4) is 0 Å². The number of carbonyl (C=O) groups excluding carboxylic acids is 9. The van der Waals surface area contributed by atoms with Gasteiger partial charge in [-0.15, -0.1) is 0 Å². The maximum atomic E-state index is 14.9. The van der Waals surface area contributed by atoms with E-state index in [1.165, 1.54) is 92.8 Å². The molecule has 2 saturated heterocycles. The maximum Gasteiger partial charge on any atom is 0.330 e. The van der Waals surface area contributed by atoms with Gasteiger partial charge in [0, 0.05) is 46.9 Å². The Morgan fingerprint density at radius 3 is 2.02 bits per heavy atom. The number of methoxy groups -OCH3 is 3. The summed E-state index contributed by atoms with van der Waals surface area (Å²) in [5, 5.41) is 2.83. The highest BCUT2D eigenvalue weighted by Gasteiger charge is 2.45. The number of nitrogens with one attached hydrogen (secondary N) is 1. The monoisotopic (exact) mass is 1180 g/mol. The zero-order chi connectivity index (χ0) is 62.3. The number of hydrogen-bond acceptors (Lipinski definition) is 16. The van der Waals surface area contributed by atoms with E-state index >= 15 is 0 Å². The lowest BCUT2D eigenvalue weighted by atomic mass is 9.87. The number of piperidine rings is 1. The van der Waals surface area contributed by atoms with Crippen LogP contribution in [0.1, 0.15) is 115 Å². The summed E-state index contributed by atoms with van der Waals surface area (Å²) in [5.41, 5.74) is -0.631. The Bertz CT molecular complexity index is 2900. The molecule has 2 bridgehead atoms. The van der Waals surface area contributed by atoms with E-state index in [9.17, 15) is 43.2 Å². The number of ketones is 1. The zero-order valence-corrected chi connectivity index (χ0v) is 51.1. The predicted octanol–water partition coefficient (Wildman–Crippen LogP) is 5.58. The number of nitrogens with zero attached hydrogens (tertiary/aromatic N) is 5. The van der Waals surface area contributed by atoms with Crippen molar-refractivity contribution >= 4 is 53.2 Å². The van der Waals surface area contributed by atoms with Crippen LogP contribution < -0.4 is 24.3 Å². The van der Waals surface area contributed by atoms with Crippen LogP contribution in [-0.4, -0.2) is 189 Å². The summed E-state index contributed by atoms with van der Waals surface area (Å²) in [6.45, 7) is 9.10. The number of aryl methyl sites for hydroxylation is 1. The molecular formula is C63H84N6O16. The number of carbonyl (C=O) groups is 9. The topological polar surface area (TPSA) is 246 Å². The van der Waals surface area contributed by atoms with E-state index in [0.29, 0.717) is 60.5 Å². The molecule has 6 atom stereocenters. The fourth-order valence-electron chi connectivity index (χ4n) is 10.3. The molecule has 2 fully saturated rings. The van der Waals surface area contributed by atoms with Gasteiger partial charge in [0.05, 0.1) is 39.0 Å².